The fraction of sp³-hybridized carbons (Fsp3) is 0.273. The lowest BCUT2D eigenvalue weighted by Gasteiger charge is -2.28. The van der Waals surface area contributed by atoms with Gasteiger partial charge in [-0.05, 0) is 61.7 Å². The molecule has 1 aromatic carbocycles. The first kappa shape index (κ1) is 30.1. The van der Waals surface area contributed by atoms with Crippen molar-refractivity contribution >= 4 is 29.1 Å². The standard InChI is InChI=1S/C33H35N7O4/c41-31(37-20-26-10-4-6-14-35-26)23-39-16-8-1-9-17-44-30-13-3-2-12-29(30)40(28-18-25(33(39)43)19-34-22-28)24-32(42)38-21-27-11-5-7-15-36-27/h2-7,10-15,18-19,22H,1,8-9,16-17,20-21,23-24H2,(H,37,41)(H,38,42). The van der Waals surface area contributed by atoms with Crippen LogP contribution in [0.5, 0.6) is 5.75 Å². The molecule has 44 heavy (non-hydrogen) atoms. The van der Waals surface area contributed by atoms with Crippen LogP contribution in [0.3, 0.4) is 0 Å². The molecule has 226 valence electrons. The summed E-state index contributed by atoms with van der Waals surface area (Å²) in [7, 11) is 0. The maximum absolute atomic E-state index is 13.8. The fourth-order valence-corrected chi connectivity index (χ4v) is 4.82. The molecule has 4 heterocycles. The summed E-state index contributed by atoms with van der Waals surface area (Å²) in [6.45, 7) is 1.26. The zero-order valence-corrected chi connectivity index (χ0v) is 24.4. The molecule has 0 spiro atoms. The zero-order valence-electron chi connectivity index (χ0n) is 24.4. The number of carbonyl (C=O) groups is 3. The van der Waals surface area contributed by atoms with Gasteiger partial charge in [-0.25, -0.2) is 0 Å². The highest BCUT2D eigenvalue weighted by Gasteiger charge is 2.23. The van der Waals surface area contributed by atoms with Crippen LogP contribution in [-0.2, 0) is 22.7 Å². The molecule has 1 aliphatic heterocycles. The van der Waals surface area contributed by atoms with Gasteiger partial charge in [0.05, 0.1) is 60.8 Å². The second-order valence-electron chi connectivity index (χ2n) is 10.3. The van der Waals surface area contributed by atoms with Gasteiger partial charge in [-0.15, -0.1) is 0 Å². The topological polar surface area (TPSA) is 130 Å². The number of aromatic nitrogens is 3. The molecule has 3 amide bonds. The van der Waals surface area contributed by atoms with Crippen LogP contribution >= 0.6 is 0 Å². The van der Waals surface area contributed by atoms with Gasteiger partial charge in [0, 0.05) is 25.1 Å². The van der Waals surface area contributed by atoms with Crippen molar-refractivity contribution in [2.24, 2.45) is 0 Å². The number of rotatable bonds is 8. The lowest BCUT2D eigenvalue weighted by molar-refractivity contribution is -0.122. The average Bonchev–Trinajstić information content (AvgIpc) is 3.07. The lowest BCUT2D eigenvalue weighted by Crippen LogP contribution is -2.41. The summed E-state index contributed by atoms with van der Waals surface area (Å²) >= 11 is 0. The molecule has 0 saturated carbocycles. The smallest absolute Gasteiger partial charge is 0.255 e. The molecule has 0 aliphatic carbocycles. The molecule has 11 heteroatoms. The fourth-order valence-electron chi connectivity index (χ4n) is 4.82. The van der Waals surface area contributed by atoms with Crippen LogP contribution in [0.25, 0.3) is 0 Å². The Morgan fingerprint density at radius 1 is 0.795 bits per heavy atom. The Bertz CT molecular complexity index is 1550. The highest BCUT2D eigenvalue weighted by Crippen LogP contribution is 2.34. The van der Waals surface area contributed by atoms with Crippen molar-refractivity contribution in [3.8, 4) is 5.75 Å². The van der Waals surface area contributed by atoms with Crippen molar-refractivity contribution in [1.82, 2.24) is 30.5 Å². The first-order valence-electron chi connectivity index (χ1n) is 14.6. The first-order chi connectivity index (χ1) is 21.6. The average molecular weight is 594 g/mol. The second-order valence-corrected chi connectivity index (χ2v) is 10.3. The maximum atomic E-state index is 13.8. The monoisotopic (exact) mass is 593 g/mol. The molecule has 0 radical (unpaired) electrons. The van der Waals surface area contributed by atoms with Crippen molar-refractivity contribution < 1.29 is 19.1 Å². The third-order valence-corrected chi connectivity index (χ3v) is 7.08. The molecular weight excluding hydrogens is 558 g/mol. The molecular formula is C33H35N7O4. The quantitative estimate of drug-likeness (QED) is 0.317. The molecule has 0 unspecified atom stereocenters. The number of para-hydroxylation sites is 2. The summed E-state index contributed by atoms with van der Waals surface area (Å²) < 4.78 is 6.18. The van der Waals surface area contributed by atoms with Gasteiger partial charge >= 0.3 is 0 Å². The number of carbonyl (C=O) groups excluding carboxylic acids is 3. The molecule has 1 aliphatic rings. The number of anilines is 2. The Morgan fingerprint density at radius 3 is 2.18 bits per heavy atom. The van der Waals surface area contributed by atoms with Gasteiger partial charge in [0.15, 0.2) is 0 Å². The number of nitrogens with one attached hydrogen (secondary N) is 2. The Kier molecular flexibility index (Phi) is 10.4. The van der Waals surface area contributed by atoms with Crippen molar-refractivity contribution in [3.63, 3.8) is 0 Å². The number of pyridine rings is 3. The minimum Gasteiger partial charge on any atom is -0.491 e. The molecule has 5 rings (SSSR count). The third-order valence-electron chi connectivity index (χ3n) is 7.08. The van der Waals surface area contributed by atoms with Gasteiger partial charge in [-0.2, -0.15) is 0 Å². The minimum absolute atomic E-state index is 0.0494. The van der Waals surface area contributed by atoms with Crippen LogP contribution in [0.15, 0.2) is 91.5 Å². The highest BCUT2D eigenvalue weighted by molar-refractivity contribution is 5.97. The van der Waals surface area contributed by atoms with Crippen molar-refractivity contribution in [1.29, 1.82) is 0 Å². The predicted molar refractivity (Wildman–Crippen MR) is 165 cm³/mol. The number of nitrogens with zero attached hydrogens (tertiary/aromatic N) is 5. The number of amides is 3. The van der Waals surface area contributed by atoms with E-state index in [4.69, 9.17) is 4.74 Å². The third kappa shape index (κ3) is 8.37. The van der Waals surface area contributed by atoms with Crippen LogP contribution in [0.4, 0.5) is 11.4 Å². The summed E-state index contributed by atoms with van der Waals surface area (Å²) in [5, 5.41) is 5.78. The Morgan fingerprint density at radius 2 is 1.48 bits per heavy atom. The summed E-state index contributed by atoms with van der Waals surface area (Å²) in [5.41, 5.74) is 3.00. The van der Waals surface area contributed by atoms with E-state index in [2.05, 4.69) is 25.6 Å². The largest absolute Gasteiger partial charge is 0.491 e. The highest BCUT2D eigenvalue weighted by atomic mass is 16.5. The number of fused-ring (bicyclic) bond motifs is 3. The van der Waals surface area contributed by atoms with Gasteiger partial charge in [0.25, 0.3) is 5.91 Å². The molecule has 2 bridgehead atoms. The summed E-state index contributed by atoms with van der Waals surface area (Å²) in [6.07, 6.45) is 8.71. The Labute approximate surface area is 256 Å². The molecule has 11 nitrogen and oxygen atoms in total. The summed E-state index contributed by atoms with van der Waals surface area (Å²) in [5.74, 6) is -0.203. The number of hydrogen-bond acceptors (Lipinski definition) is 8. The van der Waals surface area contributed by atoms with E-state index >= 15 is 0 Å². The van der Waals surface area contributed by atoms with Crippen molar-refractivity contribution in [2.75, 3.05) is 31.1 Å². The van der Waals surface area contributed by atoms with E-state index in [-0.39, 0.29) is 43.9 Å². The summed E-state index contributed by atoms with van der Waals surface area (Å²) in [4.78, 5) is 56.1. The van der Waals surface area contributed by atoms with E-state index < -0.39 is 0 Å². The van der Waals surface area contributed by atoms with E-state index in [1.807, 2.05) is 60.7 Å². The van der Waals surface area contributed by atoms with E-state index in [1.165, 1.54) is 6.20 Å². The van der Waals surface area contributed by atoms with Gasteiger partial charge in [0.1, 0.15) is 12.3 Å². The number of ether oxygens (including phenoxy) is 1. The minimum atomic E-state index is -0.312. The molecule has 2 N–H and O–H groups in total. The normalized spacial score (nSPS) is 13.7. The van der Waals surface area contributed by atoms with Crippen LogP contribution in [0.2, 0.25) is 0 Å². The SMILES string of the molecule is O=C(CN1CCCCCOc2ccccc2N(CC(=O)NCc2ccccn2)c2cncc(c2)C1=O)NCc1ccccn1. The van der Waals surface area contributed by atoms with E-state index in [0.717, 1.165) is 24.2 Å². The summed E-state index contributed by atoms with van der Waals surface area (Å²) in [6, 6.07) is 20.2. The molecule has 0 atom stereocenters. The van der Waals surface area contributed by atoms with Gasteiger partial charge < -0.3 is 25.2 Å². The van der Waals surface area contributed by atoms with Crippen molar-refractivity contribution in [2.45, 2.75) is 32.4 Å². The molecule has 0 saturated heterocycles. The van der Waals surface area contributed by atoms with E-state index in [1.54, 1.807) is 34.5 Å². The molecule has 0 fully saturated rings. The zero-order chi connectivity index (χ0) is 30.6. The maximum Gasteiger partial charge on any atom is 0.255 e. The van der Waals surface area contributed by atoms with Crippen LogP contribution in [0, 0.1) is 0 Å². The van der Waals surface area contributed by atoms with E-state index in [9.17, 15) is 14.4 Å². The number of benzene rings is 1. The van der Waals surface area contributed by atoms with Crippen LogP contribution < -0.4 is 20.3 Å². The molecule has 4 aromatic rings. The Hall–Kier alpha value is -5.32. The number of hydrogen-bond donors (Lipinski definition) is 2. The first-order valence-corrected chi connectivity index (χ1v) is 14.6. The molecule has 3 aromatic heterocycles. The van der Waals surface area contributed by atoms with Gasteiger partial charge in [0.2, 0.25) is 11.8 Å². The van der Waals surface area contributed by atoms with Crippen molar-refractivity contribution in [3.05, 3.63) is 108 Å². The Balaban J connectivity index is 1.38. The van der Waals surface area contributed by atoms with Crippen LogP contribution in [0.1, 0.15) is 41.0 Å². The van der Waals surface area contributed by atoms with E-state index in [0.29, 0.717) is 42.3 Å². The second kappa shape index (κ2) is 15.2. The lowest BCUT2D eigenvalue weighted by atomic mass is 10.1. The van der Waals surface area contributed by atoms with Gasteiger partial charge in [-0.1, -0.05) is 24.3 Å². The van der Waals surface area contributed by atoms with Crippen LogP contribution in [-0.4, -0.2) is 63.8 Å². The predicted octanol–water partition coefficient (Wildman–Crippen LogP) is 3.65. The van der Waals surface area contributed by atoms with Gasteiger partial charge in [-0.3, -0.25) is 29.3 Å².